The molecule has 2 heterocycles. The lowest BCUT2D eigenvalue weighted by Gasteiger charge is -2.14. The lowest BCUT2D eigenvalue weighted by Crippen LogP contribution is -2.22. The van der Waals surface area contributed by atoms with Gasteiger partial charge in [0.25, 0.3) is 11.8 Å². The van der Waals surface area contributed by atoms with Crippen molar-refractivity contribution >= 4 is 5.95 Å². The van der Waals surface area contributed by atoms with Crippen molar-refractivity contribution in [2.75, 3.05) is 18.0 Å². The summed E-state index contributed by atoms with van der Waals surface area (Å²) in [4.78, 5) is 6.20. The highest BCUT2D eigenvalue weighted by molar-refractivity contribution is 5.60. The number of nitrogens with zero attached hydrogens (tertiary/aromatic N) is 5. The lowest BCUT2D eigenvalue weighted by atomic mass is 10.2. The average molecular weight is 232 g/mol. The van der Waals surface area contributed by atoms with Crippen LogP contribution in [-0.2, 0) is 0 Å². The molecule has 0 atom stereocenters. The van der Waals surface area contributed by atoms with Crippen molar-refractivity contribution in [1.82, 2.24) is 20.3 Å². The summed E-state index contributed by atoms with van der Waals surface area (Å²) in [7, 11) is 0. The zero-order chi connectivity index (χ0) is 12.3. The molecule has 2 aromatic heterocycles. The molecule has 0 bridgehead atoms. The van der Waals surface area contributed by atoms with Crippen LogP contribution < -0.4 is 4.90 Å². The number of aromatic nitrogens is 4. The van der Waals surface area contributed by atoms with Crippen molar-refractivity contribution in [3.8, 4) is 17.5 Å². The molecule has 0 aromatic carbocycles. The van der Waals surface area contributed by atoms with E-state index in [1.54, 1.807) is 0 Å². The van der Waals surface area contributed by atoms with E-state index in [1.165, 1.54) is 6.20 Å². The highest BCUT2D eigenvalue weighted by Crippen LogP contribution is 2.21. The van der Waals surface area contributed by atoms with Gasteiger partial charge in [-0.05, 0) is 19.0 Å². The van der Waals surface area contributed by atoms with E-state index in [0.717, 1.165) is 13.1 Å². The Morgan fingerprint density at radius 2 is 2.24 bits per heavy atom. The molecule has 0 amide bonds. The van der Waals surface area contributed by atoms with Gasteiger partial charge in [-0.15, -0.1) is 0 Å². The van der Waals surface area contributed by atoms with Crippen molar-refractivity contribution in [3.63, 3.8) is 0 Å². The maximum absolute atomic E-state index is 8.86. The normalized spacial score (nSPS) is 10.2. The molecule has 7 heteroatoms. The summed E-state index contributed by atoms with van der Waals surface area (Å²) in [6, 6.07) is 1.98. The van der Waals surface area contributed by atoms with Gasteiger partial charge >= 0.3 is 0 Å². The molecule has 0 radical (unpaired) electrons. The van der Waals surface area contributed by atoms with Crippen LogP contribution in [0.1, 0.15) is 19.5 Å². The van der Waals surface area contributed by atoms with Gasteiger partial charge in [0.15, 0.2) is 0 Å². The van der Waals surface area contributed by atoms with Crippen molar-refractivity contribution in [2.45, 2.75) is 13.8 Å². The predicted molar refractivity (Wildman–Crippen MR) is 60.2 cm³/mol. The highest BCUT2D eigenvalue weighted by atomic mass is 16.5. The Balaban J connectivity index is 2.33. The van der Waals surface area contributed by atoms with Crippen LogP contribution in [0.3, 0.4) is 0 Å². The van der Waals surface area contributed by atoms with Gasteiger partial charge in [0.05, 0.1) is 11.8 Å². The summed E-state index contributed by atoms with van der Waals surface area (Å²) >= 11 is 0. The van der Waals surface area contributed by atoms with Gasteiger partial charge in [0.2, 0.25) is 0 Å². The first-order valence-electron chi connectivity index (χ1n) is 5.32. The first kappa shape index (κ1) is 11.1. The Labute approximate surface area is 98.0 Å². The minimum atomic E-state index is 0.303. The maximum atomic E-state index is 8.86. The number of aromatic amines is 1. The van der Waals surface area contributed by atoms with Crippen molar-refractivity contribution in [1.29, 1.82) is 5.26 Å². The van der Waals surface area contributed by atoms with E-state index in [2.05, 4.69) is 20.3 Å². The van der Waals surface area contributed by atoms with Crippen molar-refractivity contribution < 1.29 is 4.52 Å². The molecule has 0 saturated carbocycles. The molecule has 17 heavy (non-hydrogen) atoms. The Bertz CT molecular complexity index is 533. The third-order valence-electron chi connectivity index (χ3n) is 2.44. The smallest absolute Gasteiger partial charge is 0.266 e. The van der Waals surface area contributed by atoms with E-state index in [9.17, 15) is 0 Å². The number of nitrogens with one attached hydrogen (secondary N) is 1. The van der Waals surface area contributed by atoms with Crippen LogP contribution in [0.4, 0.5) is 5.95 Å². The standard InChI is InChI=1S/C10H12N6O/c1-3-16(4-2)10-13-9(17-15-10)7-6-12-14-8(7)5-11/h6H,3-4H2,1-2H3,(H,12,14). The molecule has 0 saturated heterocycles. The summed E-state index contributed by atoms with van der Waals surface area (Å²) in [5.74, 6) is 0.826. The van der Waals surface area contributed by atoms with E-state index in [-0.39, 0.29) is 0 Å². The molecule has 2 rings (SSSR count). The molecular formula is C10H12N6O. The van der Waals surface area contributed by atoms with Crippen LogP contribution in [-0.4, -0.2) is 33.4 Å². The van der Waals surface area contributed by atoms with Gasteiger partial charge in [-0.25, -0.2) is 0 Å². The molecule has 0 unspecified atom stereocenters. The first-order chi connectivity index (χ1) is 8.30. The second-order valence-corrected chi connectivity index (χ2v) is 3.34. The summed E-state index contributed by atoms with van der Waals surface area (Å²) in [6.07, 6.45) is 1.50. The van der Waals surface area contributed by atoms with Gasteiger partial charge < -0.3 is 9.42 Å². The number of anilines is 1. The first-order valence-corrected chi connectivity index (χ1v) is 5.32. The monoisotopic (exact) mass is 232 g/mol. The fourth-order valence-electron chi connectivity index (χ4n) is 1.49. The predicted octanol–water partition coefficient (Wildman–Crippen LogP) is 1.18. The largest absolute Gasteiger partial charge is 0.339 e. The average Bonchev–Trinajstić information content (AvgIpc) is 2.98. The van der Waals surface area contributed by atoms with E-state index >= 15 is 0 Å². The van der Waals surface area contributed by atoms with Crippen LogP contribution >= 0.6 is 0 Å². The van der Waals surface area contributed by atoms with Gasteiger partial charge in [0, 0.05) is 13.1 Å². The summed E-state index contributed by atoms with van der Waals surface area (Å²) in [5, 5.41) is 19.1. The Hall–Kier alpha value is -2.36. The van der Waals surface area contributed by atoms with E-state index in [0.29, 0.717) is 23.1 Å². The van der Waals surface area contributed by atoms with Crippen LogP contribution in [0.2, 0.25) is 0 Å². The number of nitriles is 1. The second kappa shape index (κ2) is 4.65. The quantitative estimate of drug-likeness (QED) is 0.850. The second-order valence-electron chi connectivity index (χ2n) is 3.34. The third kappa shape index (κ3) is 1.97. The van der Waals surface area contributed by atoms with Gasteiger partial charge in [0.1, 0.15) is 11.8 Å². The Kier molecular flexibility index (Phi) is 3.05. The minimum absolute atomic E-state index is 0.303. The van der Waals surface area contributed by atoms with Gasteiger partial charge in [-0.2, -0.15) is 15.3 Å². The van der Waals surface area contributed by atoms with Crippen LogP contribution in [0.5, 0.6) is 0 Å². The molecule has 0 spiro atoms. The molecule has 2 aromatic rings. The summed E-state index contributed by atoms with van der Waals surface area (Å²) in [6.45, 7) is 5.62. The minimum Gasteiger partial charge on any atom is -0.339 e. The number of hydrogen-bond donors (Lipinski definition) is 1. The highest BCUT2D eigenvalue weighted by Gasteiger charge is 2.16. The van der Waals surface area contributed by atoms with Crippen molar-refractivity contribution in [2.24, 2.45) is 0 Å². The van der Waals surface area contributed by atoms with Gasteiger partial charge in [-0.1, -0.05) is 0 Å². The maximum Gasteiger partial charge on any atom is 0.266 e. The molecular weight excluding hydrogens is 220 g/mol. The van der Waals surface area contributed by atoms with Crippen LogP contribution in [0.25, 0.3) is 11.5 Å². The molecule has 0 aliphatic carbocycles. The molecule has 1 N–H and O–H groups in total. The molecule has 0 aliphatic heterocycles. The summed E-state index contributed by atoms with van der Waals surface area (Å²) in [5.41, 5.74) is 0.846. The molecule has 88 valence electrons. The van der Waals surface area contributed by atoms with E-state index in [4.69, 9.17) is 9.78 Å². The number of H-pyrrole nitrogens is 1. The number of rotatable bonds is 4. The molecule has 0 fully saturated rings. The molecule has 7 nitrogen and oxygen atoms in total. The fourth-order valence-corrected chi connectivity index (χ4v) is 1.49. The van der Waals surface area contributed by atoms with Crippen LogP contribution in [0.15, 0.2) is 10.7 Å². The van der Waals surface area contributed by atoms with Crippen molar-refractivity contribution in [3.05, 3.63) is 11.9 Å². The third-order valence-corrected chi connectivity index (χ3v) is 2.44. The summed E-state index contributed by atoms with van der Waals surface area (Å²) < 4.78 is 5.12. The number of hydrogen-bond acceptors (Lipinski definition) is 6. The fraction of sp³-hybridized carbons (Fsp3) is 0.400. The zero-order valence-electron chi connectivity index (χ0n) is 9.64. The SMILES string of the molecule is CCN(CC)c1noc(-c2cn[nH]c2C#N)n1. The molecule has 0 aliphatic rings. The van der Waals surface area contributed by atoms with Gasteiger partial charge in [-0.3, -0.25) is 5.10 Å². The Morgan fingerprint density at radius 1 is 1.47 bits per heavy atom. The topological polar surface area (TPSA) is 94.6 Å². The van der Waals surface area contributed by atoms with Crippen LogP contribution in [0, 0.1) is 11.3 Å². The van der Waals surface area contributed by atoms with E-state index in [1.807, 2.05) is 24.8 Å². The zero-order valence-corrected chi connectivity index (χ0v) is 9.64. The van der Waals surface area contributed by atoms with E-state index < -0.39 is 0 Å². The Morgan fingerprint density at radius 3 is 2.88 bits per heavy atom. The lowest BCUT2D eigenvalue weighted by molar-refractivity contribution is 0.429.